The largest absolute Gasteiger partial charge is 0.444 e. The zero-order chi connectivity index (χ0) is 26.4. The molecule has 1 saturated carbocycles. The molecule has 3 heterocycles. The number of rotatable bonds is 3. The van der Waals surface area contributed by atoms with Gasteiger partial charge in [-0.2, -0.15) is 18.3 Å². The summed E-state index contributed by atoms with van der Waals surface area (Å²) in [4.78, 5) is 19.5. The summed E-state index contributed by atoms with van der Waals surface area (Å²) in [5.74, 6) is -0.825. The van der Waals surface area contributed by atoms with E-state index in [1.165, 1.54) is 0 Å². The molecule has 9 heteroatoms. The van der Waals surface area contributed by atoms with E-state index in [1.54, 1.807) is 4.90 Å². The van der Waals surface area contributed by atoms with Gasteiger partial charge in [-0.05, 0) is 77.7 Å². The molecule has 0 bridgehead atoms. The van der Waals surface area contributed by atoms with E-state index in [-0.39, 0.29) is 30.8 Å². The van der Waals surface area contributed by atoms with Gasteiger partial charge in [0.15, 0.2) is 5.65 Å². The van der Waals surface area contributed by atoms with Crippen molar-refractivity contribution in [2.45, 2.75) is 104 Å². The number of hydrogen-bond donors (Lipinski definition) is 0. The fourth-order valence-electron chi connectivity index (χ4n) is 5.85. The van der Waals surface area contributed by atoms with Gasteiger partial charge in [-0.1, -0.05) is 13.8 Å². The lowest BCUT2D eigenvalue weighted by molar-refractivity contribution is -0.182. The molecule has 0 spiro atoms. The molecule has 1 amide bonds. The lowest BCUT2D eigenvalue weighted by Gasteiger charge is -2.38. The summed E-state index contributed by atoms with van der Waals surface area (Å²) in [6.07, 6.45) is -1.54. The van der Waals surface area contributed by atoms with Crippen LogP contribution in [0.2, 0.25) is 0 Å². The second kappa shape index (κ2) is 9.86. The van der Waals surface area contributed by atoms with E-state index in [0.717, 1.165) is 41.1 Å². The van der Waals surface area contributed by atoms with Crippen LogP contribution in [-0.2, 0) is 11.2 Å². The van der Waals surface area contributed by atoms with Crippen molar-refractivity contribution >= 4 is 11.7 Å². The van der Waals surface area contributed by atoms with E-state index in [2.05, 4.69) is 13.8 Å². The number of likely N-dealkylation sites (tertiary alicyclic amines) is 1. The molecule has 6 nitrogen and oxygen atoms in total. The van der Waals surface area contributed by atoms with Crippen LogP contribution in [0.5, 0.6) is 0 Å². The number of alkyl halides is 3. The summed E-state index contributed by atoms with van der Waals surface area (Å²) >= 11 is 0. The van der Waals surface area contributed by atoms with Crippen molar-refractivity contribution in [2.24, 2.45) is 11.8 Å². The summed E-state index contributed by atoms with van der Waals surface area (Å²) < 4.78 is 47.1. The topological polar surface area (TPSA) is 59.7 Å². The van der Waals surface area contributed by atoms with Crippen LogP contribution in [0.1, 0.15) is 101 Å². The van der Waals surface area contributed by atoms with E-state index in [9.17, 15) is 18.0 Å². The third kappa shape index (κ3) is 5.49. The highest BCUT2D eigenvalue weighted by molar-refractivity contribution is 5.68. The second-order valence-corrected chi connectivity index (χ2v) is 11.6. The van der Waals surface area contributed by atoms with Gasteiger partial charge >= 0.3 is 12.3 Å². The van der Waals surface area contributed by atoms with Gasteiger partial charge in [0.2, 0.25) is 0 Å². The van der Waals surface area contributed by atoms with Crippen LogP contribution in [0, 0.1) is 18.8 Å². The SMILES string of the molecule is CCc1c(C)nc2cc(C3CCC(C(F)(F)F)CC3)nn2c1[C@@H]1CN(C(=O)OC(C)(C)C)CCC1C. The van der Waals surface area contributed by atoms with Gasteiger partial charge in [-0.3, -0.25) is 0 Å². The smallest absolute Gasteiger partial charge is 0.410 e. The minimum atomic E-state index is -4.12. The number of aryl methyl sites for hydroxylation is 1. The van der Waals surface area contributed by atoms with Crippen molar-refractivity contribution in [2.75, 3.05) is 13.1 Å². The Labute approximate surface area is 211 Å². The van der Waals surface area contributed by atoms with Crippen LogP contribution in [0.4, 0.5) is 18.0 Å². The normalized spacial score (nSPS) is 25.9. The first-order chi connectivity index (χ1) is 16.8. The number of amides is 1. The van der Waals surface area contributed by atoms with Gasteiger partial charge in [-0.15, -0.1) is 0 Å². The molecule has 1 aliphatic heterocycles. The van der Waals surface area contributed by atoms with E-state index in [0.29, 0.717) is 31.8 Å². The summed E-state index contributed by atoms with van der Waals surface area (Å²) in [5, 5.41) is 4.95. The molecular weight excluding hydrogens is 469 g/mol. The molecule has 0 aromatic carbocycles. The Morgan fingerprint density at radius 3 is 2.39 bits per heavy atom. The Kier molecular flexibility index (Phi) is 7.32. The molecule has 0 N–H and O–H groups in total. The Balaban J connectivity index is 1.67. The van der Waals surface area contributed by atoms with Crippen molar-refractivity contribution in [3.8, 4) is 0 Å². The third-order valence-corrected chi connectivity index (χ3v) is 7.89. The summed E-state index contributed by atoms with van der Waals surface area (Å²) in [6, 6.07) is 1.95. The Bertz CT molecular complexity index is 1100. The highest BCUT2D eigenvalue weighted by Gasteiger charge is 2.42. The standard InChI is InChI=1S/C27H39F3N4O2/c1-7-20-17(3)31-23-14-22(18-8-10-19(11-9-18)27(28,29)30)32-34(23)24(20)21-15-33(13-12-16(21)2)25(35)36-26(4,5)6/h14,16,18-19,21H,7-13,15H2,1-6H3/t16?,18?,19?,21-/m1/s1. The first-order valence-corrected chi connectivity index (χ1v) is 13.2. The Morgan fingerprint density at radius 1 is 1.14 bits per heavy atom. The van der Waals surface area contributed by atoms with Crippen molar-refractivity contribution in [3.05, 3.63) is 28.7 Å². The van der Waals surface area contributed by atoms with E-state index in [4.69, 9.17) is 14.8 Å². The minimum Gasteiger partial charge on any atom is -0.444 e. The van der Waals surface area contributed by atoms with Crippen LogP contribution in [0.3, 0.4) is 0 Å². The molecule has 2 fully saturated rings. The van der Waals surface area contributed by atoms with Crippen LogP contribution in [-0.4, -0.2) is 50.5 Å². The highest BCUT2D eigenvalue weighted by Crippen LogP contribution is 2.43. The number of aromatic nitrogens is 3. The summed E-state index contributed by atoms with van der Waals surface area (Å²) in [6.45, 7) is 13.1. The number of piperidine rings is 1. The van der Waals surface area contributed by atoms with Gasteiger partial charge in [-0.25, -0.2) is 14.3 Å². The van der Waals surface area contributed by atoms with E-state index >= 15 is 0 Å². The first kappa shape index (κ1) is 26.7. The van der Waals surface area contributed by atoms with Gasteiger partial charge in [0.1, 0.15) is 5.60 Å². The fraction of sp³-hybridized carbons (Fsp3) is 0.741. The van der Waals surface area contributed by atoms with Crippen molar-refractivity contribution < 1.29 is 22.7 Å². The van der Waals surface area contributed by atoms with Gasteiger partial charge in [0.25, 0.3) is 0 Å². The maximum Gasteiger partial charge on any atom is 0.410 e. The molecule has 36 heavy (non-hydrogen) atoms. The average Bonchev–Trinajstić information content (AvgIpc) is 3.20. The predicted molar refractivity (Wildman–Crippen MR) is 132 cm³/mol. The number of hydrogen-bond acceptors (Lipinski definition) is 4. The van der Waals surface area contributed by atoms with E-state index in [1.807, 2.05) is 38.3 Å². The Hall–Kier alpha value is -2.32. The van der Waals surface area contributed by atoms with Gasteiger partial charge in [0, 0.05) is 36.7 Å². The highest BCUT2D eigenvalue weighted by atomic mass is 19.4. The number of ether oxygens (including phenoxy) is 1. The maximum absolute atomic E-state index is 13.2. The van der Waals surface area contributed by atoms with Crippen LogP contribution < -0.4 is 0 Å². The zero-order valence-corrected chi connectivity index (χ0v) is 22.3. The second-order valence-electron chi connectivity index (χ2n) is 11.6. The summed E-state index contributed by atoms with van der Waals surface area (Å²) in [5.41, 5.74) is 4.12. The van der Waals surface area contributed by atoms with Crippen LogP contribution in [0.15, 0.2) is 6.07 Å². The number of fused-ring (bicyclic) bond motifs is 1. The molecule has 2 aromatic rings. The monoisotopic (exact) mass is 508 g/mol. The van der Waals surface area contributed by atoms with Crippen molar-refractivity contribution in [1.29, 1.82) is 0 Å². The molecule has 1 unspecified atom stereocenters. The number of halogens is 3. The molecule has 2 aliphatic rings. The first-order valence-electron chi connectivity index (χ1n) is 13.2. The lowest BCUT2D eigenvalue weighted by atomic mass is 9.80. The fourth-order valence-corrected chi connectivity index (χ4v) is 5.85. The quantitative estimate of drug-likeness (QED) is 0.458. The molecule has 1 aliphatic carbocycles. The molecule has 2 atom stereocenters. The molecule has 1 saturated heterocycles. The molecular formula is C27H39F3N4O2. The van der Waals surface area contributed by atoms with Crippen LogP contribution >= 0.6 is 0 Å². The molecule has 4 rings (SSSR count). The molecule has 2 aromatic heterocycles. The average molecular weight is 509 g/mol. The maximum atomic E-state index is 13.2. The zero-order valence-electron chi connectivity index (χ0n) is 22.3. The summed E-state index contributed by atoms with van der Waals surface area (Å²) in [7, 11) is 0. The predicted octanol–water partition coefficient (Wildman–Crippen LogP) is 6.80. The van der Waals surface area contributed by atoms with Crippen molar-refractivity contribution in [1.82, 2.24) is 19.5 Å². The number of nitrogens with zero attached hydrogens (tertiary/aromatic N) is 4. The van der Waals surface area contributed by atoms with Gasteiger partial charge in [0.05, 0.1) is 17.3 Å². The molecule has 0 radical (unpaired) electrons. The third-order valence-electron chi connectivity index (χ3n) is 7.89. The number of carbonyl (C=O) groups is 1. The van der Waals surface area contributed by atoms with Crippen molar-refractivity contribution in [3.63, 3.8) is 0 Å². The van der Waals surface area contributed by atoms with Gasteiger partial charge < -0.3 is 9.64 Å². The van der Waals surface area contributed by atoms with E-state index < -0.39 is 17.7 Å². The minimum absolute atomic E-state index is 0.00516. The number of carbonyl (C=O) groups excluding carboxylic acids is 1. The Morgan fingerprint density at radius 2 is 1.81 bits per heavy atom. The molecule has 200 valence electrons. The van der Waals surface area contributed by atoms with Crippen LogP contribution in [0.25, 0.3) is 5.65 Å². The lowest BCUT2D eigenvalue weighted by Crippen LogP contribution is -2.45.